The van der Waals surface area contributed by atoms with Gasteiger partial charge in [0.05, 0.1) is 25.9 Å². The highest BCUT2D eigenvalue weighted by Crippen LogP contribution is 2.24. The van der Waals surface area contributed by atoms with Gasteiger partial charge in [-0.25, -0.2) is 0 Å². The van der Waals surface area contributed by atoms with Gasteiger partial charge in [-0.2, -0.15) is 0 Å². The minimum atomic E-state index is -2.45. The molecule has 0 saturated carbocycles. The molecule has 0 rings (SSSR count). The summed E-state index contributed by atoms with van der Waals surface area (Å²) in [6, 6.07) is 0. The normalized spacial score (nSPS) is 22.6. The Morgan fingerprint density at radius 1 is 0.824 bits per heavy atom. The SMILES string of the molecule is OCC(O)C[C@](O)([C@H](O)[C@H](O)CO)[C@@H](O)CO. The fourth-order valence-corrected chi connectivity index (χ4v) is 1.49. The van der Waals surface area contributed by atoms with E-state index in [4.69, 9.17) is 15.3 Å². The molecule has 0 amide bonds. The first-order valence-corrected chi connectivity index (χ1v) is 5.10. The van der Waals surface area contributed by atoms with Crippen molar-refractivity contribution in [2.24, 2.45) is 0 Å². The zero-order chi connectivity index (χ0) is 13.6. The second kappa shape index (κ2) is 7.19. The Bertz CT molecular complexity index is 213. The summed E-state index contributed by atoms with van der Waals surface area (Å²) in [6.07, 6.45) is -7.73. The van der Waals surface area contributed by atoms with Crippen LogP contribution in [0.15, 0.2) is 0 Å². The van der Waals surface area contributed by atoms with Gasteiger partial charge in [-0.15, -0.1) is 0 Å². The number of hydrogen-bond donors (Lipinski definition) is 8. The van der Waals surface area contributed by atoms with E-state index < -0.39 is 56.3 Å². The van der Waals surface area contributed by atoms with Crippen molar-refractivity contribution < 1.29 is 40.9 Å². The maximum atomic E-state index is 9.95. The van der Waals surface area contributed by atoms with Crippen LogP contribution < -0.4 is 0 Å². The average molecular weight is 256 g/mol. The minimum Gasteiger partial charge on any atom is -0.394 e. The van der Waals surface area contributed by atoms with Crippen molar-refractivity contribution in [3.63, 3.8) is 0 Å². The molecule has 0 aromatic rings. The predicted molar refractivity (Wildman–Crippen MR) is 54.9 cm³/mol. The van der Waals surface area contributed by atoms with Crippen LogP contribution in [0.2, 0.25) is 0 Å². The van der Waals surface area contributed by atoms with Crippen molar-refractivity contribution >= 4 is 0 Å². The van der Waals surface area contributed by atoms with Gasteiger partial charge in [-0.05, 0) is 0 Å². The average Bonchev–Trinajstić information content (AvgIpc) is 2.35. The molecule has 0 aliphatic heterocycles. The van der Waals surface area contributed by atoms with Gasteiger partial charge in [0.2, 0.25) is 0 Å². The van der Waals surface area contributed by atoms with E-state index in [-0.39, 0.29) is 0 Å². The lowest BCUT2D eigenvalue weighted by atomic mass is 9.82. The molecule has 5 atom stereocenters. The fourth-order valence-electron chi connectivity index (χ4n) is 1.49. The highest BCUT2D eigenvalue weighted by molar-refractivity contribution is 4.97. The van der Waals surface area contributed by atoms with Gasteiger partial charge in [0, 0.05) is 6.42 Å². The van der Waals surface area contributed by atoms with Gasteiger partial charge in [-0.1, -0.05) is 0 Å². The van der Waals surface area contributed by atoms with Crippen LogP contribution in [0, 0.1) is 0 Å². The van der Waals surface area contributed by atoms with Crippen LogP contribution in [0.5, 0.6) is 0 Å². The van der Waals surface area contributed by atoms with Crippen LogP contribution in [-0.4, -0.2) is 90.7 Å². The second-order valence-electron chi connectivity index (χ2n) is 3.92. The lowest BCUT2D eigenvalue weighted by Crippen LogP contribution is -2.60. The third-order valence-electron chi connectivity index (χ3n) is 2.59. The van der Waals surface area contributed by atoms with E-state index >= 15 is 0 Å². The Morgan fingerprint density at radius 2 is 1.35 bits per heavy atom. The van der Waals surface area contributed by atoms with Crippen LogP contribution in [0.4, 0.5) is 0 Å². The maximum absolute atomic E-state index is 9.95. The topological polar surface area (TPSA) is 162 Å². The number of aliphatic hydroxyl groups excluding tert-OH is 7. The van der Waals surface area contributed by atoms with E-state index in [2.05, 4.69) is 0 Å². The van der Waals surface area contributed by atoms with Crippen molar-refractivity contribution in [3.8, 4) is 0 Å². The van der Waals surface area contributed by atoms with Crippen LogP contribution in [0.1, 0.15) is 6.42 Å². The minimum absolute atomic E-state index is 0.677. The van der Waals surface area contributed by atoms with E-state index in [1.165, 1.54) is 0 Å². The maximum Gasteiger partial charge on any atom is 0.124 e. The van der Waals surface area contributed by atoms with Gasteiger partial charge < -0.3 is 40.9 Å². The van der Waals surface area contributed by atoms with Gasteiger partial charge >= 0.3 is 0 Å². The molecule has 0 aromatic heterocycles. The quantitative estimate of drug-likeness (QED) is 0.215. The second-order valence-corrected chi connectivity index (χ2v) is 3.92. The van der Waals surface area contributed by atoms with Gasteiger partial charge in [-0.3, -0.25) is 0 Å². The monoisotopic (exact) mass is 256 g/mol. The van der Waals surface area contributed by atoms with Crippen molar-refractivity contribution in [1.82, 2.24) is 0 Å². The Balaban J connectivity index is 4.95. The lowest BCUT2D eigenvalue weighted by Gasteiger charge is -2.39. The summed E-state index contributed by atoms with van der Waals surface area (Å²) in [4.78, 5) is 0. The third-order valence-corrected chi connectivity index (χ3v) is 2.59. The lowest BCUT2D eigenvalue weighted by molar-refractivity contribution is -0.203. The summed E-state index contributed by atoms with van der Waals surface area (Å²) in [5.74, 6) is 0. The van der Waals surface area contributed by atoms with Gasteiger partial charge in [0.25, 0.3) is 0 Å². The summed E-state index contributed by atoms with van der Waals surface area (Å²) < 4.78 is 0. The Labute approximate surface area is 98.0 Å². The molecular formula is C9H20O8. The number of aliphatic hydroxyl groups is 8. The molecule has 8 N–H and O–H groups in total. The first-order valence-electron chi connectivity index (χ1n) is 5.10. The van der Waals surface area contributed by atoms with Crippen molar-refractivity contribution in [2.75, 3.05) is 19.8 Å². The van der Waals surface area contributed by atoms with Crippen molar-refractivity contribution in [3.05, 3.63) is 0 Å². The van der Waals surface area contributed by atoms with E-state index in [1.54, 1.807) is 0 Å². The third kappa shape index (κ3) is 4.12. The largest absolute Gasteiger partial charge is 0.394 e. The van der Waals surface area contributed by atoms with E-state index in [0.29, 0.717) is 0 Å². The summed E-state index contributed by atoms with van der Waals surface area (Å²) in [5.41, 5.74) is -2.45. The molecule has 0 aromatic carbocycles. The number of hydrogen-bond acceptors (Lipinski definition) is 8. The summed E-state index contributed by atoms with van der Waals surface area (Å²) in [5, 5.41) is 73.3. The van der Waals surface area contributed by atoms with Crippen LogP contribution >= 0.6 is 0 Å². The Morgan fingerprint density at radius 3 is 1.71 bits per heavy atom. The highest BCUT2D eigenvalue weighted by Gasteiger charge is 2.46. The molecule has 1 unspecified atom stereocenters. The molecule has 0 radical (unpaired) electrons. The molecule has 0 aliphatic rings. The van der Waals surface area contributed by atoms with Crippen LogP contribution in [0.3, 0.4) is 0 Å². The fraction of sp³-hybridized carbons (Fsp3) is 1.00. The summed E-state index contributed by atoms with van der Waals surface area (Å²) in [7, 11) is 0. The Hall–Kier alpha value is -0.320. The summed E-state index contributed by atoms with van der Waals surface area (Å²) in [6.45, 7) is -2.54. The van der Waals surface area contributed by atoms with E-state index in [9.17, 15) is 25.5 Å². The molecule has 8 heteroatoms. The highest BCUT2D eigenvalue weighted by atomic mass is 16.4. The molecule has 0 fully saturated rings. The summed E-state index contributed by atoms with van der Waals surface area (Å²) >= 11 is 0. The molecular weight excluding hydrogens is 236 g/mol. The molecule has 8 nitrogen and oxygen atoms in total. The molecule has 17 heavy (non-hydrogen) atoms. The smallest absolute Gasteiger partial charge is 0.124 e. The van der Waals surface area contributed by atoms with Crippen LogP contribution in [0.25, 0.3) is 0 Å². The molecule has 0 spiro atoms. The van der Waals surface area contributed by atoms with E-state index in [0.717, 1.165) is 0 Å². The molecule has 0 saturated heterocycles. The zero-order valence-corrected chi connectivity index (χ0v) is 9.22. The molecule has 0 heterocycles. The first-order chi connectivity index (χ1) is 7.83. The molecule has 0 bridgehead atoms. The van der Waals surface area contributed by atoms with Crippen molar-refractivity contribution in [1.29, 1.82) is 0 Å². The standard InChI is InChI=1S/C9H20O8/c10-2-5(13)1-9(17,7(15)4-12)8(16)6(14)3-11/h5-8,10-17H,1-4H2/t5?,6-,7+,8-,9-/m1/s1. The van der Waals surface area contributed by atoms with Crippen LogP contribution in [-0.2, 0) is 0 Å². The van der Waals surface area contributed by atoms with Crippen molar-refractivity contribution in [2.45, 2.75) is 36.4 Å². The zero-order valence-electron chi connectivity index (χ0n) is 9.22. The van der Waals surface area contributed by atoms with Gasteiger partial charge in [0.15, 0.2) is 0 Å². The van der Waals surface area contributed by atoms with E-state index in [1.807, 2.05) is 0 Å². The molecule has 104 valence electrons. The number of rotatable bonds is 8. The van der Waals surface area contributed by atoms with Gasteiger partial charge in [0.1, 0.15) is 23.9 Å². The Kier molecular flexibility index (Phi) is 7.05. The first kappa shape index (κ1) is 16.7. The predicted octanol–water partition coefficient (Wildman–Crippen LogP) is -4.47. The molecule has 0 aliphatic carbocycles.